The van der Waals surface area contributed by atoms with Gasteiger partial charge < -0.3 is 29.2 Å². The number of morpholine rings is 1. The fourth-order valence-electron chi connectivity index (χ4n) is 5.02. The number of rotatable bonds is 10. The molecule has 1 fully saturated rings. The number of ether oxygens (including phenoxy) is 4. The minimum atomic E-state index is -0.457. The maximum atomic E-state index is 14.1. The largest absolute Gasteiger partial charge is 0.497 e. The first kappa shape index (κ1) is 31.1. The molecule has 0 aromatic heterocycles. The first-order valence-electron chi connectivity index (χ1n) is 14.2. The van der Waals surface area contributed by atoms with Gasteiger partial charge in [-0.25, -0.2) is 9.80 Å². The molecule has 0 saturated carbocycles. The highest BCUT2D eigenvalue weighted by atomic mass is 16.5. The lowest BCUT2D eigenvalue weighted by molar-refractivity contribution is -0.133. The highest BCUT2D eigenvalue weighted by Gasteiger charge is 2.36. The molecule has 11 nitrogen and oxygen atoms in total. The number of benzene rings is 2. The number of methoxy groups -OCH3 is 3. The second-order valence-corrected chi connectivity index (χ2v) is 11.4. The molecule has 2 aromatic rings. The van der Waals surface area contributed by atoms with E-state index in [9.17, 15) is 9.59 Å². The summed E-state index contributed by atoms with van der Waals surface area (Å²) < 4.78 is 22.0. The van der Waals surface area contributed by atoms with E-state index in [1.165, 1.54) is 5.01 Å². The number of hydrogen-bond acceptors (Lipinski definition) is 8. The molecule has 4 rings (SSSR count). The smallest absolute Gasteiger partial charge is 0.318 e. The van der Waals surface area contributed by atoms with E-state index < -0.39 is 11.6 Å². The van der Waals surface area contributed by atoms with E-state index in [1.54, 1.807) is 26.2 Å². The van der Waals surface area contributed by atoms with Gasteiger partial charge in [-0.3, -0.25) is 9.69 Å². The lowest BCUT2D eigenvalue weighted by Gasteiger charge is -2.33. The molecule has 0 bridgehead atoms. The first-order valence-corrected chi connectivity index (χ1v) is 14.2. The summed E-state index contributed by atoms with van der Waals surface area (Å²) in [6.45, 7) is 9.57. The number of hydrogen-bond donors (Lipinski definition) is 1. The molecule has 2 aliphatic rings. The van der Waals surface area contributed by atoms with Crippen molar-refractivity contribution in [1.29, 1.82) is 0 Å². The van der Waals surface area contributed by atoms with Crippen molar-refractivity contribution in [2.24, 2.45) is 5.10 Å². The lowest BCUT2D eigenvalue weighted by Crippen LogP contribution is -2.53. The predicted molar refractivity (Wildman–Crippen MR) is 160 cm³/mol. The Morgan fingerprint density at radius 1 is 1.00 bits per heavy atom. The van der Waals surface area contributed by atoms with Gasteiger partial charge in [-0.05, 0) is 68.8 Å². The summed E-state index contributed by atoms with van der Waals surface area (Å²) in [6.07, 6.45) is 0.462. The molecular weight excluding hydrogens is 538 g/mol. The van der Waals surface area contributed by atoms with Crippen LogP contribution in [0.25, 0.3) is 0 Å². The van der Waals surface area contributed by atoms with Gasteiger partial charge in [0.15, 0.2) is 0 Å². The fourth-order valence-corrected chi connectivity index (χ4v) is 5.02. The number of urea groups is 1. The van der Waals surface area contributed by atoms with E-state index in [2.05, 4.69) is 10.2 Å². The zero-order valence-electron chi connectivity index (χ0n) is 25.5. The summed E-state index contributed by atoms with van der Waals surface area (Å²) in [4.78, 5) is 31.3. The van der Waals surface area contributed by atoms with Gasteiger partial charge in [0.2, 0.25) is 0 Å². The third-order valence-electron chi connectivity index (χ3n) is 7.27. The van der Waals surface area contributed by atoms with Crippen molar-refractivity contribution in [2.75, 3.05) is 67.3 Å². The van der Waals surface area contributed by atoms with E-state index in [0.29, 0.717) is 44.2 Å². The van der Waals surface area contributed by atoms with Gasteiger partial charge in [0.25, 0.3) is 5.91 Å². The van der Waals surface area contributed by atoms with Crippen LogP contribution in [0.2, 0.25) is 0 Å². The normalized spacial score (nSPS) is 17.4. The molecule has 0 radical (unpaired) electrons. The quantitative estimate of drug-likeness (QED) is 0.458. The van der Waals surface area contributed by atoms with Gasteiger partial charge in [-0.15, -0.1) is 0 Å². The molecule has 0 spiro atoms. The molecule has 1 saturated heterocycles. The standard InChI is InChI=1S/C31H43N5O6/c1-31(2,3)32-30(38)35(14-13-34-15-17-42-18-16-34)21-29(37)36-27(25-19-24(40-5)11-12-28(25)41-6)20-26(33-36)22-7-9-23(39-4)10-8-22/h7-12,19,27H,13-18,20-21H2,1-6H3,(H,32,38)/t27-/m1/s1. The van der Waals surface area contributed by atoms with Gasteiger partial charge in [0.05, 0.1) is 46.3 Å². The van der Waals surface area contributed by atoms with Crippen LogP contribution in [0.5, 0.6) is 17.2 Å². The third-order valence-corrected chi connectivity index (χ3v) is 7.27. The zero-order chi connectivity index (χ0) is 30.3. The highest BCUT2D eigenvalue weighted by molar-refractivity contribution is 6.03. The topological polar surface area (TPSA) is 105 Å². The van der Waals surface area contributed by atoms with Gasteiger partial charge in [-0.2, -0.15) is 5.10 Å². The number of carbonyl (C=O) groups excluding carboxylic acids is 2. The summed E-state index contributed by atoms with van der Waals surface area (Å²) in [5.74, 6) is 1.71. The van der Waals surface area contributed by atoms with Crippen LogP contribution >= 0.6 is 0 Å². The van der Waals surface area contributed by atoms with E-state index in [1.807, 2.05) is 63.2 Å². The fraction of sp³-hybridized carbons (Fsp3) is 0.516. The van der Waals surface area contributed by atoms with E-state index in [4.69, 9.17) is 24.0 Å². The van der Waals surface area contributed by atoms with E-state index >= 15 is 0 Å². The lowest BCUT2D eigenvalue weighted by atomic mass is 9.97. The molecule has 1 N–H and O–H groups in total. The number of amides is 3. The Balaban J connectivity index is 1.64. The Labute approximate surface area is 248 Å². The molecule has 42 heavy (non-hydrogen) atoms. The van der Waals surface area contributed by atoms with E-state index in [-0.39, 0.29) is 18.5 Å². The minimum absolute atomic E-state index is 0.131. The molecule has 3 amide bonds. The third kappa shape index (κ3) is 7.92. The molecule has 2 aliphatic heterocycles. The Hall–Kier alpha value is -3.83. The Morgan fingerprint density at radius 2 is 1.67 bits per heavy atom. The van der Waals surface area contributed by atoms with Crippen molar-refractivity contribution in [3.63, 3.8) is 0 Å². The van der Waals surface area contributed by atoms with Crippen molar-refractivity contribution in [2.45, 2.75) is 38.8 Å². The SMILES string of the molecule is COc1ccc(C2=NN(C(=O)CN(CCN3CCOCC3)C(=O)NC(C)(C)C)[C@@H](c3cc(OC)ccc3OC)C2)cc1. The summed E-state index contributed by atoms with van der Waals surface area (Å²) in [5.41, 5.74) is 1.95. The summed E-state index contributed by atoms with van der Waals surface area (Å²) in [7, 11) is 4.82. The van der Waals surface area contributed by atoms with Crippen LogP contribution in [-0.4, -0.2) is 105 Å². The predicted octanol–water partition coefficient (Wildman–Crippen LogP) is 3.53. The molecule has 0 unspecified atom stereocenters. The van der Waals surface area contributed by atoms with Crippen LogP contribution in [0.15, 0.2) is 47.6 Å². The van der Waals surface area contributed by atoms with Crippen LogP contribution in [0.1, 0.15) is 44.4 Å². The Bertz CT molecular complexity index is 1250. The monoisotopic (exact) mass is 581 g/mol. The van der Waals surface area contributed by atoms with Crippen LogP contribution in [0, 0.1) is 0 Å². The average Bonchev–Trinajstić information content (AvgIpc) is 3.44. The molecular formula is C31H43N5O6. The summed E-state index contributed by atoms with van der Waals surface area (Å²) in [6, 6.07) is 12.4. The molecule has 2 aromatic carbocycles. The Kier molecular flexibility index (Phi) is 10.3. The Morgan fingerprint density at radius 3 is 2.29 bits per heavy atom. The van der Waals surface area contributed by atoms with Crippen LogP contribution in [0.4, 0.5) is 4.79 Å². The molecule has 228 valence electrons. The van der Waals surface area contributed by atoms with Gasteiger partial charge in [0.1, 0.15) is 23.8 Å². The zero-order valence-corrected chi connectivity index (χ0v) is 25.5. The number of nitrogens with zero attached hydrogens (tertiary/aromatic N) is 4. The molecule has 1 atom stereocenters. The van der Waals surface area contributed by atoms with Crippen molar-refractivity contribution >= 4 is 17.6 Å². The molecule has 2 heterocycles. The average molecular weight is 582 g/mol. The number of nitrogens with one attached hydrogen (secondary N) is 1. The van der Waals surface area contributed by atoms with Crippen LogP contribution < -0.4 is 19.5 Å². The minimum Gasteiger partial charge on any atom is -0.497 e. The molecule has 11 heteroatoms. The maximum Gasteiger partial charge on any atom is 0.318 e. The van der Waals surface area contributed by atoms with Crippen molar-refractivity contribution in [1.82, 2.24) is 20.1 Å². The van der Waals surface area contributed by atoms with E-state index in [0.717, 1.165) is 35.7 Å². The number of hydrazone groups is 1. The summed E-state index contributed by atoms with van der Waals surface area (Å²) in [5, 5.41) is 9.32. The maximum absolute atomic E-state index is 14.1. The van der Waals surface area contributed by atoms with Crippen molar-refractivity contribution in [3.8, 4) is 17.2 Å². The van der Waals surface area contributed by atoms with Crippen LogP contribution in [-0.2, 0) is 9.53 Å². The van der Waals surface area contributed by atoms with Gasteiger partial charge >= 0.3 is 6.03 Å². The second-order valence-electron chi connectivity index (χ2n) is 11.4. The molecule has 0 aliphatic carbocycles. The first-order chi connectivity index (χ1) is 20.1. The summed E-state index contributed by atoms with van der Waals surface area (Å²) >= 11 is 0. The van der Waals surface area contributed by atoms with Gasteiger partial charge in [0, 0.05) is 43.7 Å². The van der Waals surface area contributed by atoms with Crippen LogP contribution in [0.3, 0.4) is 0 Å². The van der Waals surface area contributed by atoms with Crippen molar-refractivity contribution < 1.29 is 28.5 Å². The second kappa shape index (κ2) is 13.9. The number of carbonyl (C=O) groups is 2. The van der Waals surface area contributed by atoms with Gasteiger partial charge in [-0.1, -0.05) is 0 Å². The highest BCUT2D eigenvalue weighted by Crippen LogP contribution is 2.39. The van der Waals surface area contributed by atoms with Crippen molar-refractivity contribution in [3.05, 3.63) is 53.6 Å².